The molecule has 0 amide bonds. The predicted molar refractivity (Wildman–Crippen MR) is 83.7 cm³/mol. The zero-order valence-electron chi connectivity index (χ0n) is 11.2. The highest BCUT2D eigenvalue weighted by atomic mass is 32.2. The zero-order chi connectivity index (χ0) is 13.7. The SMILES string of the molecule is CC(C)SCc1nc(CC(O)c2ccccc2)cs1. The molecular formula is C15H19NOS2. The maximum absolute atomic E-state index is 10.2. The van der Waals surface area contributed by atoms with E-state index < -0.39 is 6.10 Å². The highest BCUT2D eigenvalue weighted by Gasteiger charge is 2.11. The van der Waals surface area contributed by atoms with Crippen molar-refractivity contribution in [2.75, 3.05) is 0 Å². The summed E-state index contributed by atoms with van der Waals surface area (Å²) in [5, 5.41) is 14.0. The Kier molecular flexibility index (Phi) is 5.43. The first-order valence-electron chi connectivity index (χ1n) is 6.43. The van der Waals surface area contributed by atoms with Gasteiger partial charge in [0.05, 0.1) is 11.8 Å². The van der Waals surface area contributed by atoms with Gasteiger partial charge >= 0.3 is 0 Å². The Bertz CT molecular complexity index is 496. The third-order valence-electron chi connectivity index (χ3n) is 2.73. The highest BCUT2D eigenvalue weighted by Crippen LogP contribution is 2.23. The molecule has 0 aliphatic rings. The van der Waals surface area contributed by atoms with E-state index in [0.29, 0.717) is 11.7 Å². The van der Waals surface area contributed by atoms with Gasteiger partial charge in [-0.25, -0.2) is 4.98 Å². The van der Waals surface area contributed by atoms with E-state index >= 15 is 0 Å². The number of hydrogen-bond donors (Lipinski definition) is 1. The van der Waals surface area contributed by atoms with E-state index in [1.165, 1.54) is 0 Å². The molecule has 0 fully saturated rings. The molecule has 1 aromatic heterocycles. The van der Waals surface area contributed by atoms with E-state index in [0.717, 1.165) is 22.0 Å². The Hall–Kier alpha value is -0.840. The van der Waals surface area contributed by atoms with Crippen LogP contribution in [0.4, 0.5) is 0 Å². The third kappa shape index (κ3) is 4.64. The van der Waals surface area contributed by atoms with Gasteiger partial charge in [-0.3, -0.25) is 0 Å². The first-order valence-corrected chi connectivity index (χ1v) is 8.36. The first kappa shape index (κ1) is 14.6. The lowest BCUT2D eigenvalue weighted by Crippen LogP contribution is -2.02. The second kappa shape index (κ2) is 7.08. The van der Waals surface area contributed by atoms with E-state index in [1.807, 2.05) is 42.1 Å². The molecule has 0 aliphatic carbocycles. The average Bonchev–Trinajstić information content (AvgIpc) is 2.85. The molecule has 2 aromatic rings. The van der Waals surface area contributed by atoms with Crippen molar-refractivity contribution in [1.82, 2.24) is 4.98 Å². The normalized spacial score (nSPS) is 12.8. The standard InChI is InChI=1S/C15H19NOS2/c1-11(2)18-10-15-16-13(9-19-15)8-14(17)12-6-4-3-5-7-12/h3-7,9,11,14,17H,8,10H2,1-2H3. The summed E-state index contributed by atoms with van der Waals surface area (Å²) in [5.74, 6) is 0.962. The fourth-order valence-electron chi connectivity index (χ4n) is 1.74. The Morgan fingerprint density at radius 2 is 2.00 bits per heavy atom. The number of hydrogen-bond acceptors (Lipinski definition) is 4. The molecule has 0 spiro atoms. The van der Waals surface area contributed by atoms with Gasteiger partial charge < -0.3 is 5.11 Å². The Balaban J connectivity index is 1.93. The molecule has 4 heteroatoms. The van der Waals surface area contributed by atoms with Crippen LogP contribution in [0.5, 0.6) is 0 Å². The highest BCUT2D eigenvalue weighted by molar-refractivity contribution is 7.99. The van der Waals surface area contributed by atoms with Gasteiger partial charge in [0.25, 0.3) is 0 Å². The molecular weight excluding hydrogens is 274 g/mol. The minimum absolute atomic E-state index is 0.464. The van der Waals surface area contributed by atoms with Crippen LogP contribution >= 0.6 is 23.1 Å². The number of aliphatic hydroxyl groups excluding tert-OH is 1. The van der Waals surface area contributed by atoms with Crippen molar-refractivity contribution in [2.45, 2.75) is 37.4 Å². The number of rotatable bonds is 6. The third-order valence-corrected chi connectivity index (χ3v) is 4.91. The minimum Gasteiger partial charge on any atom is -0.388 e. The van der Waals surface area contributed by atoms with Crippen molar-refractivity contribution in [1.29, 1.82) is 0 Å². The molecule has 102 valence electrons. The lowest BCUT2D eigenvalue weighted by molar-refractivity contribution is 0.177. The van der Waals surface area contributed by atoms with Crippen LogP contribution in [0.1, 0.15) is 36.2 Å². The number of nitrogens with zero attached hydrogens (tertiary/aromatic N) is 1. The number of aromatic nitrogens is 1. The lowest BCUT2D eigenvalue weighted by atomic mass is 10.1. The van der Waals surface area contributed by atoms with Gasteiger partial charge in [0, 0.05) is 17.6 Å². The van der Waals surface area contributed by atoms with Crippen LogP contribution < -0.4 is 0 Å². The maximum Gasteiger partial charge on any atom is 0.103 e. The molecule has 1 N–H and O–H groups in total. The van der Waals surface area contributed by atoms with Crippen molar-refractivity contribution < 1.29 is 5.11 Å². The molecule has 1 atom stereocenters. The number of benzene rings is 1. The van der Waals surface area contributed by atoms with Crippen molar-refractivity contribution >= 4 is 23.1 Å². The molecule has 2 nitrogen and oxygen atoms in total. The quantitative estimate of drug-likeness (QED) is 0.872. The fourth-order valence-corrected chi connectivity index (χ4v) is 3.35. The van der Waals surface area contributed by atoms with Crippen molar-refractivity contribution in [3.05, 3.63) is 52.0 Å². The van der Waals surface area contributed by atoms with E-state index in [9.17, 15) is 5.11 Å². The van der Waals surface area contributed by atoms with Crippen LogP contribution in [0.25, 0.3) is 0 Å². The van der Waals surface area contributed by atoms with Crippen molar-refractivity contribution in [2.24, 2.45) is 0 Å². The second-order valence-corrected chi connectivity index (χ2v) is 7.23. The minimum atomic E-state index is -0.464. The molecule has 0 aliphatic heterocycles. The van der Waals surface area contributed by atoms with Gasteiger partial charge in [0.2, 0.25) is 0 Å². The molecule has 19 heavy (non-hydrogen) atoms. The number of aliphatic hydroxyl groups is 1. The summed E-state index contributed by atoms with van der Waals surface area (Å²) < 4.78 is 0. The van der Waals surface area contributed by atoms with Gasteiger partial charge in [0.15, 0.2) is 0 Å². The van der Waals surface area contributed by atoms with Crippen LogP contribution in [0, 0.1) is 0 Å². The summed E-state index contributed by atoms with van der Waals surface area (Å²) in [7, 11) is 0. The molecule has 0 radical (unpaired) electrons. The molecule has 0 saturated heterocycles. The van der Waals surface area contributed by atoms with E-state index in [1.54, 1.807) is 11.3 Å². The van der Waals surface area contributed by atoms with E-state index in [-0.39, 0.29) is 0 Å². The number of thioether (sulfide) groups is 1. The summed E-state index contributed by atoms with van der Waals surface area (Å²) in [4.78, 5) is 4.59. The van der Waals surface area contributed by atoms with Crippen molar-refractivity contribution in [3.8, 4) is 0 Å². The fraction of sp³-hybridized carbons (Fsp3) is 0.400. The van der Waals surface area contributed by atoms with Crippen LogP contribution in [0.2, 0.25) is 0 Å². The summed E-state index contributed by atoms with van der Waals surface area (Å²) in [6.45, 7) is 4.39. The summed E-state index contributed by atoms with van der Waals surface area (Å²) in [5.41, 5.74) is 1.94. The topological polar surface area (TPSA) is 33.1 Å². The average molecular weight is 293 g/mol. The zero-order valence-corrected chi connectivity index (χ0v) is 12.9. The van der Waals surface area contributed by atoms with Gasteiger partial charge in [-0.15, -0.1) is 11.3 Å². The van der Waals surface area contributed by atoms with Gasteiger partial charge in [-0.05, 0) is 10.8 Å². The molecule has 0 saturated carbocycles. The van der Waals surface area contributed by atoms with Gasteiger partial charge in [-0.2, -0.15) is 11.8 Å². The lowest BCUT2D eigenvalue weighted by Gasteiger charge is -2.08. The van der Waals surface area contributed by atoms with Gasteiger partial charge in [-0.1, -0.05) is 44.2 Å². The Morgan fingerprint density at radius 1 is 1.26 bits per heavy atom. The van der Waals surface area contributed by atoms with E-state index in [2.05, 4.69) is 24.2 Å². The second-order valence-electron chi connectivity index (χ2n) is 4.72. The first-order chi connectivity index (χ1) is 9.15. The molecule has 1 heterocycles. The monoisotopic (exact) mass is 293 g/mol. The van der Waals surface area contributed by atoms with Crippen LogP contribution in [0.3, 0.4) is 0 Å². The number of thiazole rings is 1. The summed E-state index contributed by atoms with van der Waals surface area (Å²) in [6, 6.07) is 9.76. The van der Waals surface area contributed by atoms with Gasteiger partial charge in [0.1, 0.15) is 5.01 Å². The Labute approximate surface area is 122 Å². The van der Waals surface area contributed by atoms with Crippen LogP contribution in [0.15, 0.2) is 35.7 Å². The molecule has 1 aromatic carbocycles. The summed E-state index contributed by atoms with van der Waals surface area (Å²) >= 11 is 3.58. The van der Waals surface area contributed by atoms with E-state index in [4.69, 9.17) is 0 Å². The largest absolute Gasteiger partial charge is 0.388 e. The van der Waals surface area contributed by atoms with Crippen LogP contribution in [-0.2, 0) is 12.2 Å². The predicted octanol–water partition coefficient (Wildman–Crippen LogP) is 4.06. The smallest absolute Gasteiger partial charge is 0.103 e. The molecule has 1 unspecified atom stereocenters. The van der Waals surface area contributed by atoms with Crippen molar-refractivity contribution in [3.63, 3.8) is 0 Å². The Morgan fingerprint density at radius 3 is 2.68 bits per heavy atom. The summed E-state index contributed by atoms with van der Waals surface area (Å²) in [6.07, 6.45) is 0.126. The maximum atomic E-state index is 10.2. The molecule has 0 bridgehead atoms. The van der Waals surface area contributed by atoms with Crippen LogP contribution in [-0.4, -0.2) is 15.3 Å². The molecule has 2 rings (SSSR count).